The van der Waals surface area contributed by atoms with E-state index in [1.54, 1.807) is 0 Å². The summed E-state index contributed by atoms with van der Waals surface area (Å²) in [6.45, 7) is 1.54. The number of hydrogen-bond acceptors (Lipinski definition) is 4. The minimum absolute atomic E-state index is 0.0428. The first-order valence-corrected chi connectivity index (χ1v) is 7.49. The minimum Gasteiger partial charge on any atom is -0.376 e. The molecule has 1 fully saturated rings. The van der Waals surface area contributed by atoms with Gasteiger partial charge >= 0.3 is 0 Å². The van der Waals surface area contributed by atoms with Crippen LogP contribution < -0.4 is 0 Å². The normalized spacial score (nSPS) is 26.1. The number of fused-ring (bicyclic) bond motifs is 1. The van der Waals surface area contributed by atoms with Crippen molar-refractivity contribution in [3.8, 4) is 0 Å². The summed E-state index contributed by atoms with van der Waals surface area (Å²) in [5.74, 6) is 0.258. The Kier molecular flexibility index (Phi) is 4.00. The van der Waals surface area contributed by atoms with Crippen LogP contribution in [0.3, 0.4) is 0 Å². The Labute approximate surface area is 118 Å². The number of nitrogens with one attached hydrogen (secondary N) is 1. The van der Waals surface area contributed by atoms with Crippen molar-refractivity contribution in [1.82, 2.24) is 20.3 Å². The molecular weight excluding hydrogens is 256 g/mol. The first kappa shape index (κ1) is 13.5. The van der Waals surface area contributed by atoms with E-state index in [4.69, 9.17) is 4.74 Å². The van der Waals surface area contributed by atoms with Crippen molar-refractivity contribution >= 4 is 5.91 Å². The van der Waals surface area contributed by atoms with Crippen LogP contribution in [0.4, 0.5) is 0 Å². The number of hydrogen-bond donors (Lipinski definition) is 1. The lowest BCUT2D eigenvalue weighted by molar-refractivity contribution is -0.137. The van der Waals surface area contributed by atoms with Gasteiger partial charge in [-0.15, -0.1) is 0 Å². The van der Waals surface area contributed by atoms with E-state index >= 15 is 0 Å². The molecule has 1 N–H and O–H groups in total. The molecular formula is C14H22N4O2. The lowest BCUT2D eigenvalue weighted by atomic mass is 9.88. The van der Waals surface area contributed by atoms with Gasteiger partial charge in [-0.25, -0.2) is 0 Å². The van der Waals surface area contributed by atoms with Crippen LogP contribution in [0, 0.1) is 5.92 Å². The maximum absolute atomic E-state index is 12.5. The van der Waals surface area contributed by atoms with Gasteiger partial charge in [0, 0.05) is 32.5 Å². The lowest BCUT2D eigenvalue weighted by Crippen LogP contribution is -2.41. The molecule has 1 aromatic rings. The smallest absolute Gasteiger partial charge is 0.225 e. The molecule has 1 aliphatic heterocycles. The van der Waals surface area contributed by atoms with E-state index in [2.05, 4.69) is 15.4 Å². The number of aromatic nitrogens is 3. The lowest BCUT2D eigenvalue weighted by Gasteiger charge is -2.30. The number of nitrogens with zero attached hydrogens (tertiary/aromatic N) is 3. The van der Waals surface area contributed by atoms with Crippen LogP contribution in [0.1, 0.15) is 37.1 Å². The maximum atomic E-state index is 12.5. The Hall–Kier alpha value is -1.43. The maximum Gasteiger partial charge on any atom is 0.225 e. The van der Waals surface area contributed by atoms with Gasteiger partial charge in [0.25, 0.3) is 0 Å². The van der Waals surface area contributed by atoms with Gasteiger partial charge in [0.2, 0.25) is 5.91 Å². The molecule has 2 aliphatic rings. The highest BCUT2D eigenvalue weighted by atomic mass is 16.5. The Morgan fingerprint density at radius 2 is 2.20 bits per heavy atom. The summed E-state index contributed by atoms with van der Waals surface area (Å²) in [7, 11) is 1.89. The Morgan fingerprint density at radius 1 is 1.35 bits per heavy atom. The number of carbonyl (C=O) groups excluding carboxylic acids is 1. The summed E-state index contributed by atoms with van der Waals surface area (Å²) in [5, 5.41) is 10.9. The van der Waals surface area contributed by atoms with Gasteiger partial charge < -0.3 is 9.64 Å². The van der Waals surface area contributed by atoms with Crippen molar-refractivity contribution in [2.75, 3.05) is 20.2 Å². The molecule has 6 heteroatoms. The van der Waals surface area contributed by atoms with Crippen LogP contribution in [0.25, 0.3) is 0 Å². The molecule has 1 amide bonds. The van der Waals surface area contributed by atoms with Crippen molar-refractivity contribution in [3.05, 3.63) is 11.4 Å². The average molecular weight is 278 g/mol. The molecule has 2 atom stereocenters. The first-order valence-electron chi connectivity index (χ1n) is 7.49. The third kappa shape index (κ3) is 2.85. The molecule has 0 bridgehead atoms. The van der Waals surface area contributed by atoms with Gasteiger partial charge in [0.15, 0.2) is 0 Å². The van der Waals surface area contributed by atoms with Gasteiger partial charge in [-0.3, -0.25) is 4.79 Å². The molecule has 110 valence electrons. The number of rotatable bonds is 3. The quantitative estimate of drug-likeness (QED) is 0.893. The second-order valence-corrected chi connectivity index (χ2v) is 5.86. The highest BCUT2D eigenvalue weighted by Crippen LogP contribution is 2.24. The van der Waals surface area contributed by atoms with Gasteiger partial charge in [-0.2, -0.15) is 15.4 Å². The fourth-order valence-electron chi connectivity index (χ4n) is 3.15. The summed E-state index contributed by atoms with van der Waals surface area (Å²) in [5.41, 5.74) is 1.98. The Bertz CT molecular complexity index is 467. The molecule has 1 aromatic heterocycles. The van der Waals surface area contributed by atoms with Crippen molar-refractivity contribution < 1.29 is 9.53 Å². The van der Waals surface area contributed by atoms with Gasteiger partial charge in [0.1, 0.15) is 0 Å². The topological polar surface area (TPSA) is 71.1 Å². The standard InChI is InChI=1S/C14H22N4O2/c1-18(9-11-4-2-3-7-20-11)14(19)10-5-6-12-13(8-10)16-17-15-12/h10-11H,2-9H2,1H3,(H,15,16,17). The molecule has 2 heterocycles. The zero-order valence-electron chi connectivity index (χ0n) is 12.0. The number of aromatic amines is 1. The predicted octanol–water partition coefficient (Wildman–Crippen LogP) is 0.937. The second-order valence-electron chi connectivity index (χ2n) is 5.86. The molecule has 20 heavy (non-hydrogen) atoms. The summed E-state index contributed by atoms with van der Waals surface area (Å²) < 4.78 is 5.71. The highest BCUT2D eigenvalue weighted by molar-refractivity contribution is 5.79. The molecule has 3 rings (SSSR count). The molecule has 2 unspecified atom stereocenters. The number of amides is 1. The zero-order valence-corrected chi connectivity index (χ0v) is 12.0. The Balaban J connectivity index is 1.55. The monoisotopic (exact) mass is 278 g/mol. The molecule has 1 saturated heterocycles. The van der Waals surface area contributed by atoms with Crippen molar-refractivity contribution in [3.63, 3.8) is 0 Å². The van der Waals surface area contributed by atoms with E-state index in [0.29, 0.717) is 13.0 Å². The number of likely N-dealkylation sites (N-methyl/N-ethyl adjacent to an activating group) is 1. The van der Waals surface area contributed by atoms with Gasteiger partial charge in [-0.05, 0) is 32.1 Å². The van der Waals surface area contributed by atoms with E-state index in [1.807, 2.05) is 11.9 Å². The molecule has 1 aliphatic carbocycles. The van der Waals surface area contributed by atoms with Gasteiger partial charge in [-0.1, -0.05) is 0 Å². The third-order valence-corrected chi connectivity index (χ3v) is 4.35. The number of ether oxygens (including phenoxy) is 1. The van der Waals surface area contributed by atoms with Crippen LogP contribution in [-0.2, 0) is 22.4 Å². The molecule has 0 aromatic carbocycles. The number of H-pyrrole nitrogens is 1. The highest BCUT2D eigenvalue weighted by Gasteiger charge is 2.30. The largest absolute Gasteiger partial charge is 0.376 e. The van der Waals surface area contributed by atoms with Crippen molar-refractivity contribution in [2.24, 2.45) is 5.92 Å². The fraction of sp³-hybridized carbons (Fsp3) is 0.786. The van der Waals surface area contributed by atoms with Crippen LogP contribution in [-0.4, -0.2) is 52.5 Å². The SMILES string of the molecule is CN(CC1CCCCO1)C(=O)C1CCc2n[nH]nc2C1. The summed E-state index contributed by atoms with van der Waals surface area (Å²) in [4.78, 5) is 14.4. The van der Waals surface area contributed by atoms with Crippen LogP contribution in [0.15, 0.2) is 0 Å². The van der Waals surface area contributed by atoms with Gasteiger partial charge in [0.05, 0.1) is 17.5 Å². The number of carbonyl (C=O) groups is 1. The molecule has 0 spiro atoms. The third-order valence-electron chi connectivity index (χ3n) is 4.35. The summed E-state index contributed by atoms with van der Waals surface area (Å²) in [6, 6.07) is 0. The minimum atomic E-state index is 0.0428. The fourth-order valence-corrected chi connectivity index (χ4v) is 3.15. The van der Waals surface area contributed by atoms with Crippen molar-refractivity contribution in [1.29, 1.82) is 0 Å². The van der Waals surface area contributed by atoms with Crippen molar-refractivity contribution in [2.45, 2.75) is 44.6 Å². The van der Waals surface area contributed by atoms with E-state index in [-0.39, 0.29) is 17.9 Å². The Morgan fingerprint density at radius 3 is 3.00 bits per heavy atom. The van der Waals surface area contributed by atoms with E-state index in [1.165, 1.54) is 6.42 Å². The average Bonchev–Trinajstić information content (AvgIpc) is 2.94. The summed E-state index contributed by atoms with van der Waals surface area (Å²) >= 11 is 0. The van der Waals surface area contributed by atoms with E-state index in [0.717, 1.165) is 43.7 Å². The van der Waals surface area contributed by atoms with E-state index < -0.39 is 0 Å². The van der Waals surface area contributed by atoms with E-state index in [9.17, 15) is 4.79 Å². The predicted molar refractivity (Wildman–Crippen MR) is 73.1 cm³/mol. The van der Waals surface area contributed by atoms with Crippen LogP contribution in [0.2, 0.25) is 0 Å². The second kappa shape index (κ2) is 5.91. The molecule has 0 saturated carbocycles. The molecule has 6 nitrogen and oxygen atoms in total. The number of aryl methyl sites for hydroxylation is 1. The van der Waals surface area contributed by atoms with Crippen LogP contribution in [0.5, 0.6) is 0 Å². The summed E-state index contributed by atoms with van der Waals surface area (Å²) in [6.07, 6.45) is 6.05. The first-order chi connectivity index (χ1) is 9.74. The zero-order chi connectivity index (χ0) is 13.9. The van der Waals surface area contributed by atoms with Crippen LogP contribution >= 0.6 is 0 Å². The molecule has 0 radical (unpaired) electrons.